The van der Waals surface area contributed by atoms with E-state index in [2.05, 4.69) is 20.3 Å². The molecular weight excluding hydrogens is 597 g/mol. The predicted octanol–water partition coefficient (Wildman–Crippen LogP) is 5.25. The first-order chi connectivity index (χ1) is 20.1. The van der Waals surface area contributed by atoms with Gasteiger partial charge >= 0.3 is 0 Å². The van der Waals surface area contributed by atoms with E-state index in [1.165, 1.54) is 12.1 Å². The Morgan fingerprint density at radius 2 is 2.02 bits per heavy atom. The molecular formula is C28H24ClF3N4O5S. The maximum absolute atomic E-state index is 14.2. The number of alkyl halides is 3. The lowest BCUT2D eigenvalue weighted by Gasteiger charge is -2.13. The summed E-state index contributed by atoms with van der Waals surface area (Å²) in [7, 11) is -4.39. The Morgan fingerprint density at radius 1 is 1.21 bits per heavy atom. The maximum Gasteiger partial charge on any atom is 0.251 e. The Morgan fingerprint density at radius 3 is 2.79 bits per heavy atom. The molecule has 1 aromatic carbocycles. The van der Waals surface area contributed by atoms with Crippen LogP contribution in [-0.2, 0) is 27.7 Å². The first-order valence-electron chi connectivity index (χ1n) is 12.8. The van der Waals surface area contributed by atoms with Gasteiger partial charge in [-0.2, -0.15) is 0 Å². The third kappa shape index (κ3) is 5.90. The molecule has 1 N–H and O–H groups in total. The average molecular weight is 621 g/mol. The summed E-state index contributed by atoms with van der Waals surface area (Å²) in [6.45, 7) is -0.0926. The van der Waals surface area contributed by atoms with Crippen molar-refractivity contribution < 1.29 is 35.9 Å². The second kappa shape index (κ2) is 12.2. The molecule has 42 heavy (non-hydrogen) atoms. The van der Waals surface area contributed by atoms with Crippen molar-refractivity contribution >= 4 is 38.2 Å². The van der Waals surface area contributed by atoms with Crippen molar-refractivity contribution in [2.75, 3.05) is 19.9 Å². The number of amides is 1. The van der Waals surface area contributed by atoms with Crippen molar-refractivity contribution in [3.8, 4) is 17.1 Å². The van der Waals surface area contributed by atoms with Gasteiger partial charge < -0.3 is 14.8 Å². The molecule has 3 aromatic heterocycles. The summed E-state index contributed by atoms with van der Waals surface area (Å²) in [5.74, 6) is -0.530. The van der Waals surface area contributed by atoms with E-state index in [9.17, 15) is 26.4 Å². The summed E-state index contributed by atoms with van der Waals surface area (Å²) in [6.07, 6.45) is -0.298. The lowest BCUT2D eigenvalue weighted by Crippen LogP contribution is -2.24. The van der Waals surface area contributed by atoms with E-state index in [1.807, 2.05) is 0 Å². The molecule has 0 unspecified atom stereocenters. The van der Waals surface area contributed by atoms with Gasteiger partial charge in [0.1, 0.15) is 6.67 Å². The van der Waals surface area contributed by atoms with Crippen LogP contribution in [0.25, 0.3) is 22.2 Å². The van der Waals surface area contributed by atoms with Crippen LogP contribution in [0.3, 0.4) is 0 Å². The van der Waals surface area contributed by atoms with Gasteiger partial charge in [0.05, 0.1) is 59.4 Å². The fourth-order valence-corrected chi connectivity index (χ4v) is 6.03. The summed E-state index contributed by atoms with van der Waals surface area (Å²) < 4.78 is 76.7. The number of nitrogens with one attached hydrogen (secondary N) is 1. The first kappa shape index (κ1) is 29.7. The highest BCUT2D eigenvalue weighted by atomic mass is 35.5. The van der Waals surface area contributed by atoms with Crippen LogP contribution in [-0.4, -0.2) is 54.7 Å². The third-order valence-electron chi connectivity index (χ3n) is 6.51. The number of carbonyl (C=O) groups excluding carboxylic acids is 1. The highest BCUT2D eigenvalue weighted by Crippen LogP contribution is 2.33. The molecule has 0 saturated carbocycles. The minimum Gasteiger partial charge on any atom is -0.477 e. The number of aromatic nitrogens is 3. The molecule has 0 radical (unpaired) electrons. The van der Waals surface area contributed by atoms with E-state index in [4.69, 9.17) is 21.1 Å². The molecule has 2 atom stereocenters. The number of carbonyl (C=O) groups is 1. The number of halogens is 4. The highest BCUT2D eigenvalue weighted by Gasteiger charge is 2.34. The monoisotopic (exact) mass is 620 g/mol. The van der Waals surface area contributed by atoms with Crippen molar-refractivity contribution in [2.24, 2.45) is 0 Å². The molecule has 220 valence electrons. The molecule has 14 heteroatoms. The minimum absolute atomic E-state index is 0.0310. The summed E-state index contributed by atoms with van der Waals surface area (Å²) in [5.41, 5.74) is -0.420. The number of pyridine rings is 3. The molecule has 0 saturated heterocycles. The van der Waals surface area contributed by atoms with Crippen LogP contribution in [0, 0.1) is 0 Å². The van der Waals surface area contributed by atoms with Crippen molar-refractivity contribution in [3.05, 3.63) is 76.2 Å². The summed E-state index contributed by atoms with van der Waals surface area (Å²) >= 11 is 6.23. The number of rotatable bonds is 8. The molecule has 5 rings (SSSR count). The van der Waals surface area contributed by atoms with Crippen LogP contribution in [0.4, 0.5) is 13.2 Å². The molecule has 1 amide bonds. The molecule has 0 aliphatic carbocycles. The Kier molecular flexibility index (Phi) is 8.62. The lowest BCUT2D eigenvalue weighted by atomic mass is 10.1. The van der Waals surface area contributed by atoms with E-state index in [0.717, 1.165) is 6.07 Å². The third-order valence-corrected chi connectivity index (χ3v) is 8.63. The number of hydrogen-bond donors (Lipinski definition) is 1. The van der Waals surface area contributed by atoms with Crippen molar-refractivity contribution in [1.82, 2.24) is 20.3 Å². The second-order valence-electron chi connectivity index (χ2n) is 9.30. The van der Waals surface area contributed by atoms with Gasteiger partial charge in [0.25, 0.3) is 5.91 Å². The number of benzene rings is 1. The van der Waals surface area contributed by atoms with Gasteiger partial charge in [0, 0.05) is 27.7 Å². The Hall–Kier alpha value is -3.81. The summed E-state index contributed by atoms with van der Waals surface area (Å²) in [5, 5.41) is 3.33. The van der Waals surface area contributed by atoms with Crippen molar-refractivity contribution in [3.63, 3.8) is 0 Å². The number of fused-ring (bicyclic) bond motifs is 2. The van der Waals surface area contributed by atoms with E-state index in [-0.39, 0.29) is 52.4 Å². The standard InChI is InChI=1S/C28H24ClF3N4O5S/c1-2-41-28-18(4-6-23(36-28)21(31)10-30)22-5-3-15-11-33-17(9-24(15)35-22)12-34-27(37)16-7-20(29)19-13-40-14-26(32)42(38,39)25(19)8-16/h3-9,11,21,26H,2,10,12-14H2,1H3,(H,34,37)/t21-,26+/m0/s1. The van der Waals surface area contributed by atoms with Crippen LogP contribution >= 0.6 is 11.6 Å². The number of hydrogen-bond acceptors (Lipinski definition) is 8. The average Bonchev–Trinajstić information content (AvgIpc) is 3.10. The second-order valence-corrected chi connectivity index (χ2v) is 11.7. The number of ether oxygens (including phenoxy) is 2. The van der Waals surface area contributed by atoms with Gasteiger partial charge in [0.15, 0.2) is 6.17 Å². The normalized spacial score (nSPS) is 16.8. The number of nitrogens with zero attached hydrogens (tertiary/aromatic N) is 3. The zero-order valence-electron chi connectivity index (χ0n) is 22.1. The molecule has 1 aliphatic heterocycles. The van der Waals surface area contributed by atoms with Crippen molar-refractivity contribution in [2.45, 2.75) is 36.6 Å². The molecule has 0 spiro atoms. The topological polar surface area (TPSA) is 120 Å². The Bertz CT molecular complexity index is 1780. The summed E-state index contributed by atoms with van der Waals surface area (Å²) in [4.78, 5) is 25.7. The van der Waals surface area contributed by atoms with Gasteiger partial charge in [-0.3, -0.25) is 9.78 Å². The first-order valence-corrected chi connectivity index (χ1v) is 14.7. The lowest BCUT2D eigenvalue weighted by molar-refractivity contribution is 0.0947. The van der Waals surface area contributed by atoms with Crippen LogP contribution in [0.5, 0.6) is 5.88 Å². The van der Waals surface area contributed by atoms with Crippen LogP contribution in [0.2, 0.25) is 5.02 Å². The quantitative estimate of drug-likeness (QED) is 0.284. The Balaban J connectivity index is 1.39. The molecule has 9 nitrogen and oxygen atoms in total. The minimum atomic E-state index is -4.39. The van der Waals surface area contributed by atoms with Crippen LogP contribution < -0.4 is 10.1 Å². The van der Waals surface area contributed by atoms with Gasteiger partial charge in [0.2, 0.25) is 21.2 Å². The SMILES string of the molecule is CCOc1nc([C@@H](F)CF)ccc1-c1ccc2cnc(CNC(=O)c3cc(Cl)c4c(c3)S(=O)(=O)[C@@H](F)COC4)cc2n1. The molecule has 0 fully saturated rings. The van der Waals surface area contributed by atoms with Crippen molar-refractivity contribution in [1.29, 1.82) is 0 Å². The van der Waals surface area contributed by atoms with Crippen LogP contribution in [0.15, 0.2) is 53.6 Å². The number of sulfone groups is 1. The van der Waals surface area contributed by atoms with Gasteiger partial charge in [-0.15, -0.1) is 0 Å². The zero-order chi connectivity index (χ0) is 30.0. The molecule has 4 aromatic rings. The van der Waals surface area contributed by atoms with Gasteiger partial charge in [-0.1, -0.05) is 11.6 Å². The fraction of sp³-hybridized carbons (Fsp3) is 0.286. The predicted molar refractivity (Wildman–Crippen MR) is 148 cm³/mol. The largest absolute Gasteiger partial charge is 0.477 e. The van der Waals surface area contributed by atoms with E-state index in [0.29, 0.717) is 27.9 Å². The van der Waals surface area contributed by atoms with E-state index in [1.54, 1.807) is 37.4 Å². The molecule has 0 bridgehead atoms. The van der Waals surface area contributed by atoms with E-state index >= 15 is 0 Å². The van der Waals surface area contributed by atoms with Gasteiger partial charge in [-0.05, 0) is 49.4 Å². The van der Waals surface area contributed by atoms with E-state index < -0.39 is 40.7 Å². The highest BCUT2D eigenvalue weighted by molar-refractivity contribution is 7.92. The summed E-state index contributed by atoms with van der Waals surface area (Å²) in [6, 6.07) is 10.5. The maximum atomic E-state index is 14.2. The Labute approximate surface area is 244 Å². The molecule has 1 aliphatic rings. The zero-order valence-corrected chi connectivity index (χ0v) is 23.7. The fourth-order valence-electron chi connectivity index (χ4n) is 4.34. The van der Waals surface area contributed by atoms with Gasteiger partial charge in [-0.25, -0.2) is 31.6 Å². The van der Waals surface area contributed by atoms with Crippen LogP contribution in [0.1, 0.15) is 40.4 Å². The molecule has 4 heterocycles. The smallest absolute Gasteiger partial charge is 0.251 e.